The number of carbonyl (C=O) groups excluding carboxylic acids is 1. The Labute approximate surface area is 67.0 Å². The lowest BCUT2D eigenvalue weighted by Gasteiger charge is -2.19. The van der Waals surface area contributed by atoms with Crippen LogP contribution in [0.2, 0.25) is 0 Å². The van der Waals surface area contributed by atoms with Gasteiger partial charge in [-0.3, -0.25) is 4.79 Å². The summed E-state index contributed by atoms with van der Waals surface area (Å²) in [4.78, 5) is 11.1. The van der Waals surface area contributed by atoms with Gasteiger partial charge in [0, 0.05) is 5.92 Å². The second kappa shape index (κ2) is 3.83. The Morgan fingerprint density at radius 3 is 1.82 bits per heavy atom. The van der Waals surface area contributed by atoms with Crippen molar-refractivity contribution < 1.29 is 15.0 Å². The minimum absolute atomic E-state index is 0.227. The Morgan fingerprint density at radius 1 is 1.36 bits per heavy atom. The number of Topliss-reactive ketones (excluding diaryl/α,β-unsaturated/α-hetero) is 1. The predicted octanol–water partition coefficient (Wildman–Crippen LogP) is 0.692. The number of carbonyl (C=O) groups is 1. The van der Waals surface area contributed by atoms with Crippen LogP contribution < -0.4 is 0 Å². The van der Waals surface area contributed by atoms with Crippen molar-refractivity contribution in [1.29, 1.82) is 0 Å². The molecule has 0 aromatic heterocycles. The van der Waals surface area contributed by atoms with E-state index in [2.05, 4.69) is 0 Å². The van der Waals surface area contributed by atoms with Crippen molar-refractivity contribution in [3.8, 4) is 0 Å². The van der Waals surface area contributed by atoms with E-state index in [1.807, 2.05) is 13.8 Å². The first-order valence-corrected chi connectivity index (χ1v) is 3.92. The highest BCUT2D eigenvalue weighted by molar-refractivity contribution is 5.86. The van der Waals surface area contributed by atoms with Gasteiger partial charge in [-0.25, -0.2) is 0 Å². The van der Waals surface area contributed by atoms with E-state index < -0.39 is 11.6 Å². The highest BCUT2D eigenvalue weighted by Gasteiger charge is 2.31. The lowest BCUT2D eigenvalue weighted by atomic mass is 9.93. The zero-order valence-electron chi connectivity index (χ0n) is 7.29. The Hall–Kier alpha value is -0.410. The molecule has 11 heavy (non-hydrogen) atoms. The van der Waals surface area contributed by atoms with Crippen LogP contribution in [0.3, 0.4) is 0 Å². The Balaban J connectivity index is 4.22. The fourth-order valence-corrected chi connectivity index (χ4v) is 1.05. The summed E-state index contributed by atoms with van der Waals surface area (Å²) < 4.78 is 0. The Kier molecular flexibility index (Phi) is 3.69. The van der Waals surface area contributed by atoms with Crippen molar-refractivity contribution in [2.45, 2.75) is 39.4 Å². The molecular weight excluding hydrogens is 144 g/mol. The summed E-state index contributed by atoms with van der Waals surface area (Å²) in [7, 11) is 0. The zero-order valence-corrected chi connectivity index (χ0v) is 7.29. The molecule has 0 aliphatic heterocycles. The smallest absolute Gasteiger partial charge is 0.221 e. The Morgan fingerprint density at radius 2 is 1.73 bits per heavy atom. The lowest BCUT2D eigenvalue weighted by molar-refractivity contribution is -0.180. The van der Waals surface area contributed by atoms with Crippen LogP contribution >= 0.6 is 0 Å². The monoisotopic (exact) mass is 160 g/mol. The van der Waals surface area contributed by atoms with Crippen LogP contribution in [0.4, 0.5) is 0 Å². The molecule has 0 bridgehead atoms. The van der Waals surface area contributed by atoms with Crippen molar-refractivity contribution in [3.63, 3.8) is 0 Å². The van der Waals surface area contributed by atoms with E-state index in [1.54, 1.807) is 0 Å². The molecule has 0 rings (SSSR count). The van der Waals surface area contributed by atoms with Gasteiger partial charge in [-0.2, -0.15) is 0 Å². The van der Waals surface area contributed by atoms with E-state index in [0.717, 1.165) is 6.92 Å². The highest BCUT2D eigenvalue weighted by atomic mass is 16.5. The minimum Gasteiger partial charge on any atom is -0.360 e. The topological polar surface area (TPSA) is 57.5 Å². The standard InChI is InChI=1S/C8H16O3/c1-4-6(5-2)7(9)8(3,10)11/h6,10-11H,4-5H2,1-3H3. The van der Waals surface area contributed by atoms with E-state index in [9.17, 15) is 4.79 Å². The molecule has 0 saturated heterocycles. The van der Waals surface area contributed by atoms with Gasteiger partial charge in [0.2, 0.25) is 5.79 Å². The normalized spacial score (nSPS) is 12.2. The molecule has 3 heteroatoms. The summed E-state index contributed by atoms with van der Waals surface area (Å²) in [6, 6.07) is 0. The summed E-state index contributed by atoms with van der Waals surface area (Å²) >= 11 is 0. The van der Waals surface area contributed by atoms with Crippen LogP contribution in [0.15, 0.2) is 0 Å². The Bertz CT molecular complexity index is 131. The molecule has 0 unspecified atom stereocenters. The molecule has 0 amide bonds. The SMILES string of the molecule is CCC(CC)C(=O)C(C)(O)O. The number of rotatable bonds is 4. The fraction of sp³-hybridized carbons (Fsp3) is 0.875. The predicted molar refractivity (Wildman–Crippen MR) is 41.9 cm³/mol. The molecule has 0 fully saturated rings. The van der Waals surface area contributed by atoms with Gasteiger partial charge in [0.1, 0.15) is 0 Å². The van der Waals surface area contributed by atoms with Crippen molar-refractivity contribution >= 4 is 5.78 Å². The average Bonchev–Trinajstić information content (AvgIpc) is 1.88. The van der Waals surface area contributed by atoms with E-state index in [1.165, 1.54) is 0 Å². The van der Waals surface area contributed by atoms with Crippen molar-refractivity contribution in [2.24, 2.45) is 5.92 Å². The van der Waals surface area contributed by atoms with Gasteiger partial charge < -0.3 is 10.2 Å². The second-order valence-electron chi connectivity index (χ2n) is 2.90. The first kappa shape index (κ1) is 10.6. The molecule has 0 aliphatic carbocycles. The van der Waals surface area contributed by atoms with Crippen LogP contribution in [0.25, 0.3) is 0 Å². The number of hydrogen-bond acceptors (Lipinski definition) is 3. The van der Waals surface area contributed by atoms with E-state index >= 15 is 0 Å². The summed E-state index contributed by atoms with van der Waals surface area (Å²) in [6.45, 7) is 4.82. The fourth-order valence-electron chi connectivity index (χ4n) is 1.05. The molecule has 0 aromatic rings. The molecule has 3 nitrogen and oxygen atoms in total. The van der Waals surface area contributed by atoms with E-state index in [-0.39, 0.29) is 5.92 Å². The molecule has 2 N–H and O–H groups in total. The zero-order chi connectivity index (χ0) is 9.07. The molecule has 0 aromatic carbocycles. The lowest BCUT2D eigenvalue weighted by Crippen LogP contribution is -2.39. The maximum Gasteiger partial charge on any atom is 0.221 e. The third-order valence-electron chi connectivity index (χ3n) is 1.82. The van der Waals surface area contributed by atoms with Crippen LogP contribution in [0.1, 0.15) is 33.6 Å². The number of aliphatic hydroxyl groups is 2. The molecule has 0 aliphatic rings. The van der Waals surface area contributed by atoms with Crippen LogP contribution in [0, 0.1) is 5.92 Å². The number of ketones is 1. The largest absolute Gasteiger partial charge is 0.360 e. The maximum atomic E-state index is 11.1. The van der Waals surface area contributed by atoms with Gasteiger partial charge in [0.25, 0.3) is 0 Å². The van der Waals surface area contributed by atoms with Gasteiger partial charge in [0.15, 0.2) is 5.78 Å². The van der Waals surface area contributed by atoms with Gasteiger partial charge in [-0.15, -0.1) is 0 Å². The van der Waals surface area contributed by atoms with Crippen LogP contribution in [0.5, 0.6) is 0 Å². The first-order valence-electron chi connectivity index (χ1n) is 3.92. The van der Waals surface area contributed by atoms with Crippen LogP contribution in [-0.4, -0.2) is 21.8 Å². The van der Waals surface area contributed by atoms with Crippen molar-refractivity contribution in [2.75, 3.05) is 0 Å². The summed E-state index contributed by atoms with van der Waals surface area (Å²) in [5, 5.41) is 17.8. The average molecular weight is 160 g/mol. The summed E-state index contributed by atoms with van der Waals surface area (Å²) in [5.74, 6) is -2.87. The minimum atomic E-state index is -2.16. The van der Waals surface area contributed by atoms with Crippen molar-refractivity contribution in [1.82, 2.24) is 0 Å². The second-order valence-corrected chi connectivity index (χ2v) is 2.90. The van der Waals surface area contributed by atoms with Crippen molar-refractivity contribution in [3.05, 3.63) is 0 Å². The van der Waals surface area contributed by atoms with Gasteiger partial charge >= 0.3 is 0 Å². The summed E-state index contributed by atoms with van der Waals surface area (Å²) in [6.07, 6.45) is 1.32. The molecule has 0 saturated carbocycles. The van der Waals surface area contributed by atoms with Gasteiger partial charge in [0.05, 0.1) is 0 Å². The first-order chi connectivity index (χ1) is 4.93. The molecule has 0 atom stereocenters. The number of hydrogen-bond donors (Lipinski definition) is 2. The molecule has 66 valence electrons. The van der Waals surface area contributed by atoms with E-state index in [4.69, 9.17) is 10.2 Å². The van der Waals surface area contributed by atoms with E-state index in [0.29, 0.717) is 12.8 Å². The van der Waals surface area contributed by atoms with Crippen LogP contribution in [-0.2, 0) is 4.79 Å². The maximum absolute atomic E-state index is 11.1. The molecule has 0 radical (unpaired) electrons. The molecular formula is C8H16O3. The highest BCUT2D eigenvalue weighted by Crippen LogP contribution is 2.15. The third-order valence-corrected chi connectivity index (χ3v) is 1.82. The quantitative estimate of drug-likeness (QED) is 0.595. The summed E-state index contributed by atoms with van der Waals surface area (Å²) in [5.41, 5.74) is 0. The van der Waals surface area contributed by atoms with Gasteiger partial charge in [-0.1, -0.05) is 13.8 Å². The molecule has 0 spiro atoms. The van der Waals surface area contributed by atoms with Gasteiger partial charge in [-0.05, 0) is 19.8 Å². The molecule has 0 heterocycles. The third kappa shape index (κ3) is 2.99.